The molecule has 2 unspecified atom stereocenters. The molecular formula is C90H71BN4. The summed E-state index contributed by atoms with van der Waals surface area (Å²) in [5.74, 6) is -1.13. The highest BCUT2D eigenvalue weighted by Crippen LogP contribution is 2.49. The Hall–Kier alpha value is -10.6. The molecule has 0 saturated carbocycles. The summed E-state index contributed by atoms with van der Waals surface area (Å²) in [5.41, 5.74) is 18.9. The zero-order valence-corrected chi connectivity index (χ0v) is 54.5. The van der Waals surface area contributed by atoms with Crippen LogP contribution in [-0.2, 0) is 16.2 Å². The van der Waals surface area contributed by atoms with Gasteiger partial charge < -0.3 is 18.1 Å². The van der Waals surface area contributed by atoms with E-state index in [-0.39, 0.29) is 46.0 Å². The summed E-state index contributed by atoms with van der Waals surface area (Å²) in [7, 11) is 0. The average molecular weight is 1230 g/mol. The fourth-order valence-corrected chi connectivity index (χ4v) is 17.0. The average Bonchev–Trinajstić information content (AvgIpc) is 1.52. The normalized spacial score (nSPS) is 17.4. The zero-order valence-electron chi connectivity index (χ0n) is 64.5. The Morgan fingerprint density at radius 1 is 0.400 bits per heavy atom. The van der Waals surface area contributed by atoms with E-state index in [1.807, 2.05) is 24.3 Å². The van der Waals surface area contributed by atoms with E-state index < -0.39 is 49.3 Å². The summed E-state index contributed by atoms with van der Waals surface area (Å²) < 4.78 is 102. The zero-order chi connectivity index (χ0) is 72.6. The van der Waals surface area contributed by atoms with E-state index in [9.17, 15) is 8.22 Å². The lowest BCUT2D eigenvalue weighted by molar-refractivity contribution is 0.590. The van der Waals surface area contributed by atoms with Crippen LogP contribution in [0.4, 0.5) is 0 Å². The van der Waals surface area contributed by atoms with Gasteiger partial charge in [0.1, 0.15) is 0 Å². The van der Waals surface area contributed by atoms with Crippen LogP contribution in [0.2, 0.25) is 0 Å². The van der Waals surface area contributed by atoms with Crippen molar-refractivity contribution in [2.24, 2.45) is 0 Å². The van der Waals surface area contributed by atoms with Crippen molar-refractivity contribution in [3.63, 3.8) is 0 Å². The van der Waals surface area contributed by atoms with Crippen LogP contribution in [0.15, 0.2) is 249 Å². The van der Waals surface area contributed by atoms with E-state index in [4.69, 9.17) is 5.48 Å². The van der Waals surface area contributed by atoms with Gasteiger partial charge in [0.2, 0.25) is 0 Å². The van der Waals surface area contributed by atoms with Crippen molar-refractivity contribution in [1.29, 1.82) is 0 Å². The predicted molar refractivity (Wildman–Crippen MR) is 409 cm³/mol. The number of aromatic nitrogens is 4. The molecule has 7 heterocycles. The summed E-state index contributed by atoms with van der Waals surface area (Å²) in [5, 5.41) is 14.5. The molecule has 0 spiro atoms. The Morgan fingerprint density at radius 3 is 1.59 bits per heavy atom. The molecule has 0 N–H and O–H groups in total. The molecule has 0 radical (unpaired) electrons. The largest absolute Gasteiger partial charge is 0.310 e. The smallest absolute Gasteiger partial charge is 0.252 e. The van der Waals surface area contributed by atoms with Gasteiger partial charge in [-0.3, -0.25) is 0 Å². The number of rotatable bonds is 3. The summed E-state index contributed by atoms with van der Waals surface area (Å²) >= 11 is 0. The number of para-hydroxylation sites is 2. The Balaban J connectivity index is 1.04. The SMILES string of the molecule is [2H]C1=C([2H])C([2H])C(c2cc3c4c(c2)c2cc(-c5c([2H])c([2H])c([2H])c([2H])c5[2H])ccc2n4-c2c4c(cc5c2c2cccc6c7ccccc7c7ccccc7c7ccccc7n5c62)-n2c5ccc(C(C)(C)C)cc5c5cc(-n6c7ccc(C(C)(C)C)cc7c7cc(C(C)(C)C)ccc76)cc(c52)B43)C([2H])=C1[2H]. The molecule has 95 heavy (non-hydrogen) atoms. The highest BCUT2D eigenvalue weighted by molar-refractivity contribution is 7.00. The van der Waals surface area contributed by atoms with Crippen LogP contribution in [0, 0.1) is 0 Å². The molecule has 2 aliphatic heterocycles. The lowest BCUT2D eigenvalue weighted by Gasteiger charge is -2.35. The van der Waals surface area contributed by atoms with Gasteiger partial charge in [0.15, 0.2) is 0 Å². The van der Waals surface area contributed by atoms with Crippen LogP contribution in [0.25, 0.3) is 153 Å². The van der Waals surface area contributed by atoms with Crippen molar-refractivity contribution in [3.05, 3.63) is 271 Å². The second-order valence-corrected chi connectivity index (χ2v) is 29.9. The minimum absolute atomic E-state index is 0.0588. The van der Waals surface area contributed by atoms with Gasteiger partial charge in [0.05, 0.1) is 56.6 Å². The van der Waals surface area contributed by atoms with Crippen LogP contribution in [0.3, 0.4) is 0 Å². The topological polar surface area (TPSA) is 19.2 Å². The van der Waals surface area contributed by atoms with Crippen molar-refractivity contribution in [2.75, 3.05) is 0 Å². The lowest BCUT2D eigenvalue weighted by Crippen LogP contribution is -2.59. The van der Waals surface area contributed by atoms with Crippen molar-refractivity contribution < 1.29 is 13.7 Å². The molecule has 4 nitrogen and oxygen atoms in total. The first-order valence-electron chi connectivity index (χ1n) is 38.4. The molecule has 0 bridgehead atoms. The van der Waals surface area contributed by atoms with Crippen molar-refractivity contribution in [3.8, 4) is 28.2 Å². The number of benzene rings is 12. The highest BCUT2D eigenvalue weighted by atomic mass is 15.1. The van der Waals surface area contributed by atoms with Gasteiger partial charge in [0.25, 0.3) is 6.71 Å². The van der Waals surface area contributed by atoms with Crippen LogP contribution in [0.1, 0.15) is 111 Å². The Kier molecular flexibility index (Phi) is 9.15. The maximum absolute atomic E-state index is 9.88. The molecule has 454 valence electrons. The number of nitrogens with zero attached hydrogens (tertiary/aromatic N) is 4. The summed E-state index contributed by atoms with van der Waals surface area (Å²) in [4.78, 5) is 0. The van der Waals surface area contributed by atoms with Crippen LogP contribution >= 0.6 is 0 Å². The molecule has 5 heteroatoms. The number of hydrogen-bond acceptors (Lipinski definition) is 0. The Labute approximate surface area is 567 Å². The van der Waals surface area contributed by atoms with E-state index in [0.717, 1.165) is 153 Å². The third kappa shape index (κ3) is 7.55. The van der Waals surface area contributed by atoms with Crippen molar-refractivity contribution in [2.45, 2.75) is 90.9 Å². The fraction of sp³-hybridized carbons (Fsp3) is 0.156. The molecule has 0 fully saturated rings. The minimum Gasteiger partial charge on any atom is -0.310 e. The molecule has 3 aliphatic rings. The first kappa shape index (κ1) is 45.6. The Bertz CT molecular complexity index is 6960. The third-order valence-corrected chi connectivity index (χ3v) is 21.5. The van der Waals surface area contributed by atoms with E-state index in [0.29, 0.717) is 16.5 Å². The monoisotopic (exact) mass is 1230 g/mol. The second kappa shape index (κ2) is 19.0. The second-order valence-electron chi connectivity index (χ2n) is 29.9. The minimum atomic E-state index is -1.40. The molecule has 0 amide bonds. The summed E-state index contributed by atoms with van der Waals surface area (Å²) in [6.45, 7) is 19.9. The standard InChI is InChI=1S/C90H71BN4/c1-88(2,3)56-36-40-76-68(46-56)69-47-57(89(4,5)6)37-41-77(69)92(76)59-49-72-70-48-58(90(7,8)9)38-42-78(70)94-81-51-80-82(66-33-22-32-65-63-30-19-17-28-61(63)60-27-16-18-29-62(60)64-31-20-21-34-75(64)93(80)84(65)66)87-83(81)91(74(50-59)85(72)94)73-45-55(53-25-14-11-15-26-53)44-71-67-43-54(52-23-12-10-13-24-52)35-39-79(67)95(87)86(71)73/h10-25,27-51,53H,26H2,1-9H3/i10D,11D,12D,13D,14D,15D,23D,24D,25D,26D. The Morgan fingerprint density at radius 2 is 0.926 bits per heavy atom. The molecular weight excluding hydrogens is 1150 g/mol. The fourth-order valence-electron chi connectivity index (χ4n) is 17.0. The van der Waals surface area contributed by atoms with Crippen LogP contribution in [0.5, 0.6) is 0 Å². The molecule has 0 saturated heterocycles. The first-order chi connectivity index (χ1) is 50.2. The van der Waals surface area contributed by atoms with Gasteiger partial charge in [-0.1, -0.05) is 232 Å². The summed E-state index contributed by atoms with van der Waals surface area (Å²) in [6, 6.07) is 67.9. The quantitative estimate of drug-likeness (QED) is 0.157. The van der Waals surface area contributed by atoms with E-state index in [1.165, 1.54) is 16.7 Å². The van der Waals surface area contributed by atoms with Gasteiger partial charge in [-0.2, -0.15) is 0 Å². The maximum atomic E-state index is 9.88. The summed E-state index contributed by atoms with van der Waals surface area (Å²) in [6.07, 6.45) is -1.40. The van der Waals surface area contributed by atoms with Crippen molar-refractivity contribution >= 4 is 148 Å². The predicted octanol–water partition coefficient (Wildman–Crippen LogP) is 21.9. The van der Waals surface area contributed by atoms with Gasteiger partial charge in [-0.05, 0) is 173 Å². The van der Waals surface area contributed by atoms with E-state index in [1.54, 1.807) is 0 Å². The molecule has 12 aromatic carbocycles. The number of fused-ring (bicyclic) bond motifs is 24. The lowest BCUT2D eigenvalue weighted by atomic mass is 9.34. The molecule has 2 atom stereocenters. The van der Waals surface area contributed by atoms with Crippen LogP contribution < -0.4 is 16.4 Å². The highest BCUT2D eigenvalue weighted by Gasteiger charge is 2.44. The van der Waals surface area contributed by atoms with Crippen molar-refractivity contribution in [1.82, 2.24) is 18.1 Å². The van der Waals surface area contributed by atoms with Gasteiger partial charge in [-0.15, -0.1) is 0 Å². The third-order valence-electron chi connectivity index (χ3n) is 21.5. The maximum Gasteiger partial charge on any atom is 0.252 e. The molecule has 5 aromatic heterocycles. The number of allylic oxidation sites excluding steroid dienone is 4. The first-order valence-corrected chi connectivity index (χ1v) is 33.3. The van der Waals surface area contributed by atoms with E-state index >= 15 is 0 Å². The van der Waals surface area contributed by atoms with Gasteiger partial charge in [0, 0.05) is 83.6 Å². The molecule has 20 rings (SSSR count). The number of hydrogen-bond donors (Lipinski definition) is 0. The van der Waals surface area contributed by atoms with Gasteiger partial charge >= 0.3 is 0 Å². The molecule has 17 aromatic rings. The van der Waals surface area contributed by atoms with E-state index in [2.05, 4.69) is 250 Å². The molecule has 1 aliphatic carbocycles. The van der Waals surface area contributed by atoms with Crippen LogP contribution in [-0.4, -0.2) is 24.8 Å². The van der Waals surface area contributed by atoms with Gasteiger partial charge in [-0.25, -0.2) is 0 Å².